The minimum atomic E-state index is 0.0627. The molecule has 23 heavy (non-hydrogen) atoms. The molecule has 0 radical (unpaired) electrons. The molecule has 0 amide bonds. The van der Waals surface area contributed by atoms with Crippen LogP contribution >= 0.6 is 11.6 Å². The van der Waals surface area contributed by atoms with Gasteiger partial charge in [-0.2, -0.15) is 0 Å². The molecule has 0 aromatic heterocycles. The zero-order valence-electron chi connectivity index (χ0n) is 14.7. The summed E-state index contributed by atoms with van der Waals surface area (Å²) in [5.41, 5.74) is 1.11. The van der Waals surface area contributed by atoms with Crippen molar-refractivity contribution in [1.82, 2.24) is 10.2 Å². The van der Waals surface area contributed by atoms with Gasteiger partial charge in [0.15, 0.2) is 11.5 Å². The lowest BCUT2D eigenvalue weighted by Gasteiger charge is -2.23. The van der Waals surface area contributed by atoms with Crippen LogP contribution < -0.4 is 14.8 Å². The van der Waals surface area contributed by atoms with Gasteiger partial charge in [0.1, 0.15) is 0 Å². The lowest BCUT2D eigenvalue weighted by molar-refractivity contribution is 0.230. The van der Waals surface area contributed by atoms with Gasteiger partial charge in [0, 0.05) is 19.1 Å². The van der Waals surface area contributed by atoms with E-state index in [1.165, 1.54) is 19.4 Å². The van der Waals surface area contributed by atoms with Gasteiger partial charge < -0.3 is 14.8 Å². The molecule has 0 bridgehead atoms. The van der Waals surface area contributed by atoms with Gasteiger partial charge in [-0.3, -0.25) is 4.90 Å². The van der Waals surface area contributed by atoms with Crippen LogP contribution in [0.25, 0.3) is 0 Å². The van der Waals surface area contributed by atoms with Crippen molar-refractivity contribution in [3.8, 4) is 11.5 Å². The average Bonchev–Trinajstić information content (AvgIpc) is 2.96. The highest BCUT2D eigenvalue weighted by Crippen LogP contribution is 2.37. The zero-order chi connectivity index (χ0) is 16.8. The number of likely N-dealkylation sites (tertiary alicyclic amines) is 1. The summed E-state index contributed by atoms with van der Waals surface area (Å²) in [7, 11) is 1.65. The van der Waals surface area contributed by atoms with Crippen LogP contribution in [0.2, 0.25) is 5.02 Å². The predicted molar refractivity (Wildman–Crippen MR) is 95.7 cm³/mol. The van der Waals surface area contributed by atoms with Crippen LogP contribution in [0.3, 0.4) is 0 Å². The Hall–Kier alpha value is -0.970. The first-order chi connectivity index (χ1) is 11.0. The minimum absolute atomic E-state index is 0.0627. The minimum Gasteiger partial charge on any atom is -0.493 e. The molecule has 130 valence electrons. The number of likely N-dealkylation sites (N-methyl/N-ethyl adjacent to an activating group) is 1. The third kappa shape index (κ3) is 5.00. The van der Waals surface area contributed by atoms with Crippen LogP contribution in [0, 0.1) is 0 Å². The molecule has 1 N–H and O–H groups in total. The SMILES string of the molecule is CCN1CCCC1CNCc1cc(Cl)c(OC(C)C)c(OC)c1. The maximum absolute atomic E-state index is 6.37. The van der Waals surface area contributed by atoms with Crippen molar-refractivity contribution in [2.75, 3.05) is 26.7 Å². The summed E-state index contributed by atoms with van der Waals surface area (Å²) in [4.78, 5) is 2.54. The summed E-state index contributed by atoms with van der Waals surface area (Å²) in [6, 6.07) is 4.62. The third-order valence-corrected chi connectivity index (χ3v) is 4.54. The van der Waals surface area contributed by atoms with E-state index in [2.05, 4.69) is 17.1 Å². The van der Waals surface area contributed by atoms with Gasteiger partial charge in [-0.1, -0.05) is 18.5 Å². The number of benzene rings is 1. The molecule has 1 atom stereocenters. The average molecular weight is 341 g/mol. The van der Waals surface area contributed by atoms with Gasteiger partial charge >= 0.3 is 0 Å². The lowest BCUT2D eigenvalue weighted by Crippen LogP contribution is -2.37. The number of hydrogen-bond donors (Lipinski definition) is 1. The van der Waals surface area contributed by atoms with E-state index < -0.39 is 0 Å². The summed E-state index contributed by atoms with van der Waals surface area (Å²) in [5.74, 6) is 1.32. The van der Waals surface area contributed by atoms with Gasteiger partial charge in [0.2, 0.25) is 0 Å². The van der Waals surface area contributed by atoms with Crippen molar-refractivity contribution < 1.29 is 9.47 Å². The topological polar surface area (TPSA) is 33.7 Å². The van der Waals surface area contributed by atoms with E-state index >= 15 is 0 Å². The molecule has 1 saturated heterocycles. The number of nitrogens with one attached hydrogen (secondary N) is 1. The Morgan fingerprint density at radius 3 is 2.83 bits per heavy atom. The Balaban J connectivity index is 1.96. The van der Waals surface area contributed by atoms with Crippen LogP contribution in [0.4, 0.5) is 0 Å². The zero-order valence-corrected chi connectivity index (χ0v) is 15.4. The van der Waals surface area contributed by atoms with Crippen molar-refractivity contribution in [2.45, 2.75) is 52.3 Å². The highest BCUT2D eigenvalue weighted by molar-refractivity contribution is 6.32. The van der Waals surface area contributed by atoms with Crippen LogP contribution in [-0.4, -0.2) is 43.8 Å². The number of halogens is 1. The molecule has 1 aliphatic heterocycles. The standard InChI is InChI=1S/C18H29ClN2O2/c1-5-21-8-6-7-15(21)12-20-11-14-9-16(19)18(23-13(2)3)17(10-14)22-4/h9-10,13,15,20H,5-8,11-12H2,1-4H3. The molecule has 4 nitrogen and oxygen atoms in total. The first-order valence-corrected chi connectivity index (χ1v) is 8.90. The van der Waals surface area contributed by atoms with E-state index in [-0.39, 0.29) is 6.10 Å². The Bertz CT molecular complexity index is 508. The fourth-order valence-electron chi connectivity index (χ4n) is 3.15. The van der Waals surface area contributed by atoms with Crippen molar-refractivity contribution in [1.29, 1.82) is 0 Å². The van der Waals surface area contributed by atoms with Crippen molar-refractivity contribution in [3.63, 3.8) is 0 Å². The first kappa shape index (κ1) is 18.4. The molecule has 0 aliphatic carbocycles. The third-order valence-electron chi connectivity index (χ3n) is 4.26. The second-order valence-electron chi connectivity index (χ2n) is 6.33. The molecule has 0 spiro atoms. The van der Waals surface area contributed by atoms with Gasteiger partial charge in [0.25, 0.3) is 0 Å². The Morgan fingerprint density at radius 2 is 2.17 bits per heavy atom. The molecule has 5 heteroatoms. The van der Waals surface area contributed by atoms with E-state index in [4.69, 9.17) is 21.1 Å². The Labute approximate surface area is 145 Å². The van der Waals surface area contributed by atoms with Crippen molar-refractivity contribution >= 4 is 11.6 Å². The molecule has 2 rings (SSSR count). The molecule has 1 aromatic carbocycles. The molecule has 1 heterocycles. The maximum atomic E-state index is 6.37. The molecular formula is C18H29ClN2O2. The number of rotatable bonds is 8. The smallest absolute Gasteiger partial charge is 0.180 e. The van der Waals surface area contributed by atoms with E-state index in [0.717, 1.165) is 25.2 Å². The Morgan fingerprint density at radius 1 is 1.39 bits per heavy atom. The lowest BCUT2D eigenvalue weighted by atomic mass is 10.1. The summed E-state index contributed by atoms with van der Waals surface area (Å²) in [5, 5.41) is 4.15. The molecule has 1 unspecified atom stereocenters. The molecule has 1 aliphatic rings. The normalized spacial score (nSPS) is 18.6. The van der Waals surface area contributed by atoms with Gasteiger partial charge in [-0.15, -0.1) is 0 Å². The summed E-state index contributed by atoms with van der Waals surface area (Å²) in [6.07, 6.45) is 2.65. The van der Waals surface area contributed by atoms with Crippen molar-refractivity contribution in [2.24, 2.45) is 0 Å². The van der Waals surface area contributed by atoms with Gasteiger partial charge in [0.05, 0.1) is 18.2 Å². The number of methoxy groups -OCH3 is 1. The molecule has 0 saturated carbocycles. The maximum Gasteiger partial charge on any atom is 0.180 e. The van der Waals surface area contributed by atoms with E-state index in [1.807, 2.05) is 26.0 Å². The van der Waals surface area contributed by atoms with E-state index in [1.54, 1.807) is 7.11 Å². The fraction of sp³-hybridized carbons (Fsp3) is 0.667. The monoisotopic (exact) mass is 340 g/mol. The van der Waals surface area contributed by atoms with Crippen LogP contribution in [-0.2, 0) is 6.54 Å². The quantitative estimate of drug-likeness (QED) is 0.782. The van der Waals surface area contributed by atoms with E-state index in [0.29, 0.717) is 22.6 Å². The van der Waals surface area contributed by atoms with Crippen molar-refractivity contribution in [3.05, 3.63) is 22.7 Å². The second kappa shape index (κ2) is 8.76. The summed E-state index contributed by atoms with van der Waals surface area (Å²) >= 11 is 6.37. The number of ether oxygens (including phenoxy) is 2. The highest BCUT2D eigenvalue weighted by atomic mass is 35.5. The van der Waals surface area contributed by atoms with Gasteiger partial charge in [-0.05, 0) is 57.5 Å². The molecule has 1 fully saturated rings. The Kier molecular flexibility index (Phi) is 7.00. The molecular weight excluding hydrogens is 312 g/mol. The summed E-state index contributed by atoms with van der Waals surface area (Å²) < 4.78 is 11.2. The van der Waals surface area contributed by atoms with E-state index in [9.17, 15) is 0 Å². The van der Waals surface area contributed by atoms with Crippen LogP contribution in [0.1, 0.15) is 39.2 Å². The fourth-order valence-corrected chi connectivity index (χ4v) is 3.43. The largest absolute Gasteiger partial charge is 0.493 e. The van der Waals surface area contributed by atoms with Crippen LogP contribution in [0.5, 0.6) is 11.5 Å². The predicted octanol–water partition coefficient (Wildman–Crippen LogP) is 3.71. The first-order valence-electron chi connectivity index (χ1n) is 8.53. The number of hydrogen-bond acceptors (Lipinski definition) is 4. The second-order valence-corrected chi connectivity index (χ2v) is 6.74. The summed E-state index contributed by atoms with van der Waals surface area (Å²) in [6.45, 7) is 10.3. The number of nitrogens with zero attached hydrogens (tertiary/aromatic N) is 1. The highest BCUT2D eigenvalue weighted by Gasteiger charge is 2.22. The van der Waals surface area contributed by atoms with Crippen LogP contribution in [0.15, 0.2) is 12.1 Å². The molecule has 1 aromatic rings. The van der Waals surface area contributed by atoms with Gasteiger partial charge in [-0.25, -0.2) is 0 Å².